The minimum atomic E-state index is -0.336. The molecule has 0 amide bonds. The van der Waals surface area contributed by atoms with Gasteiger partial charge in [-0.3, -0.25) is 0 Å². The van der Waals surface area contributed by atoms with Crippen LogP contribution in [0.15, 0.2) is 18.2 Å². The van der Waals surface area contributed by atoms with E-state index in [1.807, 2.05) is 26.0 Å². The smallest absolute Gasteiger partial charge is 0.104 e. The molecule has 0 radical (unpaired) electrons. The Morgan fingerprint density at radius 2 is 2.30 bits per heavy atom. The van der Waals surface area contributed by atoms with Crippen molar-refractivity contribution < 1.29 is 9.84 Å². The van der Waals surface area contributed by atoms with Crippen LogP contribution in [0.4, 0.5) is 5.69 Å². The third kappa shape index (κ3) is 3.41. The second-order valence-corrected chi connectivity index (χ2v) is 6.44. The van der Waals surface area contributed by atoms with Crippen molar-refractivity contribution in [3.05, 3.63) is 28.8 Å². The summed E-state index contributed by atoms with van der Waals surface area (Å²) in [6, 6.07) is 5.54. The normalized spacial score (nSPS) is 21.8. The summed E-state index contributed by atoms with van der Waals surface area (Å²) in [7, 11) is 0. The van der Waals surface area contributed by atoms with Crippen molar-refractivity contribution >= 4 is 34.5 Å². The molecule has 1 aliphatic rings. The molecule has 1 aliphatic heterocycles. The Hall–Kier alpha value is -0.880. The number of anilines is 1. The van der Waals surface area contributed by atoms with Crippen molar-refractivity contribution in [2.75, 3.05) is 24.6 Å². The van der Waals surface area contributed by atoms with E-state index in [0.717, 1.165) is 11.3 Å². The lowest BCUT2D eigenvalue weighted by atomic mass is 10.0. The number of hydrogen-bond donors (Lipinski definition) is 2. The maximum absolute atomic E-state index is 9.36. The molecule has 0 saturated carbocycles. The minimum Gasteiger partial charge on any atom is -0.394 e. The van der Waals surface area contributed by atoms with Gasteiger partial charge in [-0.25, -0.2) is 0 Å². The number of ether oxygens (including phenoxy) is 1. The molecule has 1 aromatic carbocycles. The standard InChI is InChI=1S/C14H19ClN2O2S/c1-14(2)8-17(6-10(7-18)19-14)12-4-3-9(13(16)20)5-11(12)15/h3-5,10,18H,6-8H2,1-2H3,(H2,16,20). The van der Waals surface area contributed by atoms with E-state index < -0.39 is 0 Å². The number of benzene rings is 1. The summed E-state index contributed by atoms with van der Waals surface area (Å²) < 4.78 is 5.80. The Balaban J connectivity index is 2.28. The monoisotopic (exact) mass is 314 g/mol. The molecule has 1 aromatic rings. The van der Waals surface area contributed by atoms with E-state index in [-0.39, 0.29) is 18.3 Å². The second-order valence-electron chi connectivity index (χ2n) is 5.59. The van der Waals surface area contributed by atoms with Crippen molar-refractivity contribution in [2.24, 2.45) is 5.73 Å². The first-order valence-corrected chi connectivity index (χ1v) is 7.24. The molecule has 6 heteroatoms. The average Bonchev–Trinajstić information content (AvgIpc) is 2.36. The number of rotatable bonds is 3. The SMILES string of the molecule is CC1(C)CN(c2ccc(C(N)=S)cc2Cl)CC(CO)O1. The Kier molecular flexibility index (Phi) is 4.54. The van der Waals surface area contributed by atoms with Crippen LogP contribution in [-0.4, -0.2) is 41.5 Å². The summed E-state index contributed by atoms with van der Waals surface area (Å²) in [5.74, 6) is 0. The molecule has 0 spiro atoms. The first-order chi connectivity index (χ1) is 9.32. The van der Waals surface area contributed by atoms with Gasteiger partial charge in [0, 0.05) is 18.7 Å². The van der Waals surface area contributed by atoms with Crippen LogP contribution in [-0.2, 0) is 4.74 Å². The molecule has 110 valence electrons. The highest BCUT2D eigenvalue weighted by atomic mass is 35.5. The van der Waals surface area contributed by atoms with Gasteiger partial charge in [-0.15, -0.1) is 0 Å². The zero-order chi connectivity index (χ0) is 14.9. The second kappa shape index (κ2) is 5.85. The predicted molar refractivity (Wildman–Crippen MR) is 85.6 cm³/mol. The maximum Gasteiger partial charge on any atom is 0.104 e. The molecule has 20 heavy (non-hydrogen) atoms. The van der Waals surface area contributed by atoms with Gasteiger partial charge in [-0.2, -0.15) is 0 Å². The lowest BCUT2D eigenvalue weighted by Gasteiger charge is -2.43. The number of nitrogens with zero attached hydrogens (tertiary/aromatic N) is 1. The molecule has 0 aromatic heterocycles. The molecule has 1 heterocycles. The Bertz CT molecular complexity index is 522. The third-order valence-electron chi connectivity index (χ3n) is 3.26. The van der Waals surface area contributed by atoms with Crippen LogP contribution >= 0.6 is 23.8 Å². The highest BCUT2D eigenvalue weighted by Crippen LogP contribution is 2.32. The number of aliphatic hydroxyl groups is 1. The van der Waals surface area contributed by atoms with Gasteiger partial charge < -0.3 is 20.5 Å². The minimum absolute atomic E-state index is 0.0114. The summed E-state index contributed by atoms with van der Waals surface area (Å²) >= 11 is 11.3. The first kappa shape index (κ1) is 15.5. The number of morpholine rings is 1. The van der Waals surface area contributed by atoms with Crippen LogP contribution in [0, 0.1) is 0 Å². The fourth-order valence-electron chi connectivity index (χ4n) is 2.49. The van der Waals surface area contributed by atoms with Crippen LogP contribution in [0.3, 0.4) is 0 Å². The maximum atomic E-state index is 9.36. The van der Waals surface area contributed by atoms with Crippen molar-refractivity contribution in [1.29, 1.82) is 0 Å². The molecule has 1 fully saturated rings. The molecule has 0 aliphatic carbocycles. The van der Waals surface area contributed by atoms with Crippen LogP contribution in [0.1, 0.15) is 19.4 Å². The van der Waals surface area contributed by atoms with Crippen molar-refractivity contribution in [1.82, 2.24) is 0 Å². The van der Waals surface area contributed by atoms with E-state index in [1.165, 1.54) is 0 Å². The largest absolute Gasteiger partial charge is 0.394 e. The Morgan fingerprint density at radius 3 is 2.85 bits per heavy atom. The third-order valence-corrected chi connectivity index (χ3v) is 3.80. The van der Waals surface area contributed by atoms with Crippen molar-refractivity contribution in [2.45, 2.75) is 25.6 Å². The Morgan fingerprint density at radius 1 is 1.60 bits per heavy atom. The van der Waals surface area contributed by atoms with E-state index in [2.05, 4.69) is 4.90 Å². The van der Waals surface area contributed by atoms with Crippen LogP contribution in [0.25, 0.3) is 0 Å². The van der Waals surface area contributed by atoms with Gasteiger partial charge in [0.2, 0.25) is 0 Å². The highest BCUT2D eigenvalue weighted by molar-refractivity contribution is 7.80. The summed E-state index contributed by atoms with van der Waals surface area (Å²) in [4.78, 5) is 2.45. The molecule has 4 nitrogen and oxygen atoms in total. The van der Waals surface area contributed by atoms with Gasteiger partial charge in [0.15, 0.2) is 0 Å². The summed E-state index contributed by atoms with van der Waals surface area (Å²) in [6.45, 7) is 5.29. The van der Waals surface area contributed by atoms with E-state index in [0.29, 0.717) is 23.1 Å². The zero-order valence-corrected chi connectivity index (χ0v) is 13.2. The van der Waals surface area contributed by atoms with Crippen LogP contribution in [0.2, 0.25) is 5.02 Å². The van der Waals surface area contributed by atoms with Gasteiger partial charge in [0.1, 0.15) is 4.99 Å². The van der Waals surface area contributed by atoms with Gasteiger partial charge in [-0.1, -0.05) is 23.8 Å². The number of thiocarbonyl (C=S) groups is 1. The first-order valence-electron chi connectivity index (χ1n) is 6.45. The fraction of sp³-hybridized carbons (Fsp3) is 0.500. The van der Waals surface area contributed by atoms with E-state index in [9.17, 15) is 5.11 Å². The van der Waals surface area contributed by atoms with Gasteiger partial charge in [-0.05, 0) is 32.0 Å². The highest BCUT2D eigenvalue weighted by Gasteiger charge is 2.33. The molecule has 1 unspecified atom stereocenters. The molecular formula is C14H19ClN2O2S. The molecule has 2 rings (SSSR count). The number of aliphatic hydroxyl groups excluding tert-OH is 1. The van der Waals surface area contributed by atoms with E-state index in [1.54, 1.807) is 6.07 Å². The molecule has 0 bridgehead atoms. The van der Waals surface area contributed by atoms with Gasteiger partial charge in [0.05, 0.1) is 29.0 Å². The predicted octanol–water partition coefficient (Wildman–Crippen LogP) is 1.95. The average molecular weight is 315 g/mol. The van der Waals surface area contributed by atoms with Crippen molar-refractivity contribution in [3.8, 4) is 0 Å². The van der Waals surface area contributed by atoms with E-state index >= 15 is 0 Å². The molecule has 3 N–H and O–H groups in total. The van der Waals surface area contributed by atoms with Gasteiger partial charge in [0.25, 0.3) is 0 Å². The topological polar surface area (TPSA) is 58.7 Å². The van der Waals surface area contributed by atoms with E-state index in [4.69, 9.17) is 34.3 Å². The molecular weight excluding hydrogens is 296 g/mol. The van der Waals surface area contributed by atoms with Crippen LogP contribution in [0.5, 0.6) is 0 Å². The lowest BCUT2D eigenvalue weighted by molar-refractivity contribution is -0.101. The lowest BCUT2D eigenvalue weighted by Crippen LogP contribution is -2.54. The number of nitrogens with two attached hydrogens (primary N) is 1. The van der Waals surface area contributed by atoms with Crippen molar-refractivity contribution in [3.63, 3.8) is 0 Å². The number of halogens is 1. The zero-order valence-electron chi connectivity index (χ0n) is 11.6. The van der Waals surface area contributed by atoms with Gasteiger partial charge >= 0.3 is 0 Å². The summed E-state index contributed by atoms with van der Waals surface area (Å²) in [5, 5.41) is 9.96. The quantitative estimate of drug-likeness (QED) is 0.835. The summed E-state index contributed by atoms with van der Waals surface area (Å²) in [6.07, 6.45) is -0.218. The molecule has 1 atom stereocenters. The fourth-order valence-corrected chi connectivity index (χ4v) is 2.92. The van der Waals surface area contributed by atoms with Crippen LogP contribution < -0.4 is 10.6 Å². The Labute approximate surface area is 129 Å². The molecule has 1 saturated heterocycles. The number of hydrogen-bond acceptors (Lipinski definition) is 4. The summed E-state index contributed by atoms with van der Waals surface area (Å²) in [5.41, 5.74) is 6.92.